The van der Waals surface area contributed by atoms with Crippen molar-refractivity contribution in [3.63, 3.8) is 0 Å². The molecular weight excluding hydrogens is 246 g/mol. The van der Waals surface area contributed by atoms with Crippen molar-refractivity contribution in [3.05, 3.63) is 23.7 Å². The second-order valence-electron chi connectivity index (χ2n) is 4.43. The average molecular weight is 269 g/mol. The molecule has 0 bridgehead atoms. The Morgan fingerprint density at radius 3 is 2.68 bits per heavy atom. The van der Waals surface area contributed by atoms with Gasteiger partial charge in [0.25, 0.3) is 0 Å². The maximum Gasteiger partial charge on any atom is 0.374 e. The number of nitrogens with zero attached hydrogens (tertiary/aromatic N) is 1. The second-order valence-corrected chi connectivity index (χ2v) is 4.43. The van der Waals surface area contributed by atoms with E-state index in [9.17, 15) is 9.90 Å². The van der Waals surface area contributed by atoms with Crippen LogP contribution in [0.1, 0.15) is 42.8 Å². The molecule has 19 heavy (non-hydrogen) atoms. The van der Waals surface area contributed by atoms with Gasteiger partial charge in [-0.25, -0.2) is 4.79 Å². The van der Waals surface area contributed by atoms with E-state index in [4.69, 9.17) is 4.42 Å². The van der Waals surface area contributed by atoms with E-state index >= 15 is 0 Å². The van der Waals surface area contributed by atoms with Gasteiger partial charge in [0.1, 0.15) is 0 Å². The minimum absolute atomic E-state index is 0.0991. The zero-order chi connectivity index (χ0) is 14.3. The summed E-state index contributed by atoms with van der Waals surface area (Å²) >= 11 is 0. The van der Waals surface area contributed by atoms with Gasteiger partial charge in [-0.2, -0.15) is 0 Å². The van der Waals surface area contributed by atoms with E-state index < -0.39 is 5.97 Å². The molecule has 1 aromatic heterocycles. The molecule has 1 N–H and O–H groups in total. The van der Waals surface area contributed by atoms with Crippen LogP contribution in [-0.2, 0) is 11.3 Å². The Kier molecular flexibility index (Phi) is 6.59. The van der Waals surface area contributed by atoms with Gasteiger partial charge in [-0.05, 0) is 18.9 Å². The molecule has 5 nitrogen and oxygen atoms in total. The van der Waals surface area contributed by atoms with E-state index in [1.165, 1.54) is 13.4 Å². The van der Waals surface area contributed by atoms with Crippen molar-refractivity contribution in [2.75, 3.05) is 20.3 Å². The molecule has 0 aliphatic carbocycles. The third-order valence-electron chi connectivity index (χ3n) is 3.34. The van der Waals surface area contributed by atoms with Gasteiger partial charge in [0.15, 0.2) is 0 Å². The molecular formula is C14H23NO4. The number of methoxy groups -OCH3 is 1. The van der Waals surface area contributed by atoms with Gasteiger partial charge < -0.3 is 14.3 Å². The molecule has 0 aromatic carbocycles. The zero-order valence-corrected chi connectivity index (χ0v) is 11.9. The molecule has 1 heterocycles. The van der Waals surface area contributed by atoms with Crippen molar-refractivity contribution in [2.24, 2.45) is 0 Å². The number of ether oxygens (including phenoxy) is 1. The van der Waals surface area contributed by atoms with Crippen molar-refractivity contribution in [1.82, 2.24) is 4.90 Å². The van der Waals surface area contributed by atoms with E-state index in [-0.39, 0.29) is 12.4 Å². The molecule has 108 valence electrons. The largest absolute Gasteiger partial charge is 0.463 e. The lowest BCUT2D eigenvalue weighted by Crippen LogP contribution is -2.36. The number of hydrogen-bond acceptors (Lipinski definition) is 5. The van der Waals surface area contributed by atoms with Crippen LogP contribution in [0.4, 0.5) is 0 Å². The second kappa shape index (κ2) is 7.96. The van der Waals surface area contributed by atoms with Gasteiger partial charge in [0.2, 0.25) is 5.76 Å². The third-order valence-corrected chi connectivity index (χ3v) is 3.34. The summed E-state index contributed by atoms with van der Waals surface area (Å²) in [5.41, 5.74) is 0.798. The van der Waals surface area contributed by atoms with Gasteiger partial charge >= 0.3 is 5.97 Å². The van der Waals surface area contributed by atoms with Crippen LogP contribution in [0, 0.1) is 0 Å². The number of carbonyl (C=O) groups excluding carboxylic acids is 1. The monoisotopic (exact) mass is 269 g/mol. The number of esters is 1. The maximum absolute atomic E-state index is 11.6. The quantitative estimate of drug-likeness (QED) is 0.732. The van der Waals surface area contributed by atoms with Crippen molar-refractivity contribution in [1.29, 1.82) is 0 Å². The number of furan rings is 1. The minimum atomic E-state index is -0.464. The Labute approximate surface area is 114 Å². The standard InChI is InChI=1S/C14H23NO4/c1-4-12(5-2)15(7-8-16)10-11-6-9-19-13(11)14(17)18-3/h6,9,12,16H,4-5,7-8,10H2,1-3H3. The summed E-state index contributed by atoms with van der Waals surface area (Å²) in [6.07, 6.45) is 3.50. The van der Waals surface area contributed by atoms with E-state index in [1.807, 2.05) is 0 Å². The lowest BCUT2D eigenvalue weighted by atomic mass is 10.1. The van der Waals surface area contributed by atoms with E-state index in [0.29, 0.717) is 19.1 Å². The molecule has 0 spiro atoms. The summed E-state index contributed by atoms with van der Waals surface area (Å²) in [6, 6.07) is 2.16. The Hall–Kier alpha value is -1.33. The fourth-order valence-corrected chi connectivity index (χ4v) is 2.28. The first-order valence-electron chi connectivity index (χ1n) is 6.67. The predicted octanol–water partition coefficient (Wildman–Crippen LogP) is 2.05. The van der Waals surface area contributed by atoms with E-state index in [0.717, 1.165) is 18.4 Å². The van der Waals surface area contributed by atoms with Gasteiger partial charge in [-0.1, -0.05) is 13.8 Å². The van der Waals surface area contributed by atoms with Crippen LogP contribution >= 0.6 is 0 Å². The summed E-state index contributed by atoms with van der Waals surface area (Å²) in [6.45, 7) is 5.50. The number of aliphatic hydroxyl groups excluding tert-OH is 1. The van der Waals surface area contributed by atoms with Crippen molar-refractivity contribution >= 4 is 5.97 Å². The lowest BCUT2D eigenvalue weighted by molar-refractivity contribution is 0.0560. The molecule has 0 unspecified atom stereocenters. The summed E-state index contributed by atoms with van der Waals surface area (Å²) in [7, 11) is 1.33. The summed E-state index contributed by atoms with van der Waals surface area (Å²) in [5.74, 6) is -0.218. The SMILES string of the molecule is CCC(CC)N(CCO)Cc1ccoc1C(=O)OC. The van der Waals surface area contributed by atoms with E-state index in [1.54, 1.807) is 6.07 Å². The highest BCUT2D eigenvalue weighted by Gasteiger charge is 2.21. The Morgan fingerprint density at radius 2 is 2.16 bits per heavy atom. The lowest BCUT2D eigenvalue weighted by Gasteiger charge is -2.29. The van der Waals surface area contributed by atoms with Crippen LogP contribution in [0.2, 0.25) is 0 Å². The molecule has 0 aliphatic heterocycles. The summed E-state index contributed by atoms with van der Waals surface area (Å²) in [4.78, 5) is 13.7. The van der Waals surface area contributed by atoms with Crippen molar-refractivity contribution in [2.45, 2.75) is 39.3 Å². The molecule has 0 saturated carbocycles. The average Bonchev–Trinajstić information content (AvgIpc) is 2.87. The number of carbonyl (C=O) groups is 1. The van der Waals surface area contributed by atoms with Crippen LogP contribution in [-0.4, -0.2) is 42.3 Å². The smallest absolute Gasteiger partial charge is 0.374 e. The fourth-order valence-electron chi connectivity index (χ4n) is 2.28. The Balaban J connectivity index is 2.84. The minimum Gasteiger partial charge on any atom is -0.463 e. The fraction of sp³-hybridized carbons (Fsp3) is 0.643. The van der Waals surface area contributed by atoms with Crippen LogP contribution in [0.5, 0.6) is 0 Å². The first kappa shape index (κ1) is 15.7. The van der Waals surface area contributed by atoms with E-state index in [2.05, 4.69) is 23.5 Å². The third kappa shape index (κ3) is 4.08. The zero-order valence-electron chi connectivity index (χ0n) is 11.9. The molecule has 0 aliphatic rings. The maximum atomic E-state index is 11.6. The molecule has 5 heteroatoms. The molecule has 0 fully saturated rings. The first-order chi connectivity index (χ1) is 9.17. The Bertz CT molecular complexity index is 385. The molecule has 1 aromatic rings. The van der Waals surface area contributed by atoms with Crippen LogP contribution in [0.25, 0.3) is 0 Å². The van der Waals surface area contributed by atoms with Crippen LogP contribution in [0.3, 0.4) is 0 Å². The summed E-state index contributed by atoms with van der Waals surface area (Å²) in [5, 5.41) is 9.17. The Morgan fingerprint density at radius 1 is 1.47 bits per heavy atom. The molecule has 1 rings (SSSR count). The molecule has 0 amide bonds. The molecule has 0 radical (unpaired) electrons. The highest BCUT2D eigenvalue weighted by atomic mass is 16.5. The van der Waals surface area contributed by atoms with Gasteiger partial charge in [-0.15, -0.1) is 0 Å². The molecule has 0 saturated heterocycles. The van der Waals surface area contributed by atoms with Crippen molar-refractivity contribution < 1.29 is 19.1 Å². The highest BCUT2D eigenvalue weighted by Crippen LogP contribution is 2.18. The summed E-state index contributed by atoms with van der Waals surface area (Å²) < 4.78 is 9.87. The first-order valence-corrected chi connectivity index (χ1v) is 6.67. The van der Waals surface area contributed by atoms with Crippen LogP contribution in [0.15, 0.2) is 16.7 Å². The predicted molar refractivity (Wildman–Crippen MR) is 71.9 cm³/mol. The number of rotatable bonds is 8. The van der Waals surface area contributed by atoms with Gasteiger partial charge in [-0.3, -0.25) is 4.90 Å². The van der Waals surface area contributed by atoms with Gasteiger partial charge in [0.05, 0.1) is 20.0 Å². The normalized spacial score (nSPS) is 11.3. The number of aliphatic hydroxyl groups is 1. The highest BCUT2D eigenvalue weighted by molar-refractivity contribution is 5.87. The number of hydrogen-bond donors (Lipinski definition) is 1. The van der Waals surface area contributed by atoms with Gasteiger partial charge in [0, 0.05) is 24.7 Å². The van der Waals surface area contributed by atoms with Crippen molar-refractivity contribution in [3.8, 4) is 0 Å². The topological polar surface area (TPSA) is 62.9 Å². The van der Waals surface area contributed by atoms with Crippen LogP contribution < -0.4 is 0 Å². The molecule has 0 atom stereocenters.